The molecule has 0 nitrogen and oxygen atoms in total. The fourth-order valence-electron chi connectivity index (χ4n) is 3.77. The summed E-state index contributed by atoms with van der Waals surface area (Å²) in [6, 6.07) is 5.91. The van der Waals surface area contributed by atoms with Crippen LogP contribution in [0.4, 0.5) is 4.39 Å². The van der Waals surface area contributed by atoms with Crippen LogP contribution in [0.3, 0.4) is 0 Å². The molecule has 0 spiro atoms. The van der Waals surface area contributed by atoms with Crippen molar-refractivity contribution >= 4 is 0 Å². The summed E-state index contributed by atoms with van der Waals surface area (Å²) in [5.74, 6) is 1.65. The highest BCUT2D eigenvalue weighted by Crippen LogP contribution is 2.62. The molecule has 0 amide bonds. The van der Waals surface area contributed by atoms with Crippen LogP contribution in [0.1, 0.15) is 50.2 Å². The van der Waals surface area contributed by atoms with Gasteiger partial charge in [0.1, 0.15) is 5.82 Å². The van der Waals surface area contributed by atoms with Crippen molar-refractivity contribution in [1.82, 2.24) is 0 Å². The van der Waals surface area contributed by atoms with E-state index in [9.17, 15) is 4.39 Å². The van der Waals surface area contributed by atoms with Crippen LogP contribution in [0.2, 0.25) is 0 Å². The van der Waals surface area contributed by atoms with Gasteiger partial charge in [0.2, 0.25) is 0 Å². The van der Waals surface area contributed by atoms with Gasteiger partial charge in [-0.25, -0.2) is 4.39 Å². The Labute approximate surface area is 103 Å². The van der Waals surface area contributed by atoms with Crippen LogP contribution in [-0.4, -0.2) is 0 Å². The van der Waals surface area contributed by atoms with Gasteiger partial charge in [0.15, 0.2) is 0 Å². The highest BCUT2D eigenvalue weighted by atomic mass is 19.1. The highest BCUT2D eigenvalue weighted by Gasteiger charge is 2.55. The largest absolute Gasteiger partial charge is 0.207 e. The van der Waals surface area contributed by atoms with Crippen LogP contribution in [-0.2, 0) is 5.41 Å². The second-order valence-electron chi connectivity index (χ2n) is 6.25. The lowest BCUT2D eigenvalue weighted by Gasteiger charge is -2.16. The third-order valence-electron chi connectivity index (χ3n) is 4.99. The molecule has 92 valence electrons. The number of benzene rings is 1. The SMILES string of the molecule is Cc1ccc(C23CCCC(C)CC2C3)cc1F. The van der Waals surface area contributed by atoms with E-state index < -0.39 is 0 Å². The third kappa shape index (κ3) is 1.80. The molecule has 1 aromatic rings. The van der Waals surface area contributed by atoms with Crippen molar-refractivity contribution in [3.8, 4) is 0 Å². The molecule has 2 aliphatic rings. The summed E-state index contributed by atoms with van der Waals surface area (Å²) in [7, 11) is 0. The van der Waals surface area contributed by atoms with E-state index in [1.54, 1.807) is 6.07 Å². The summed E-state index contributed by atoms with van der Waals surface area (Å²) in [5.41, 5.74) is 2.38. The van der Waals surface area contributed by atoms with E-state index in [-0.39, 0.29) is 5.82 Å². The molecule has 0 saturated heterocycles. The molecule has 0 bridgehead atoms. The van der Waals surface area contributed by atoms with E-state index in [1.165, 1.54) is 37.7 Å². The highest BCUT2D eigenvalue weighted by molar-refractivity contribution is 5.36. The summed E-state index contributed by atoms with van der Waals surface area (Å²) in [5, 5.41) is 0. The molecular weight excluding hydrogens is 211 g/mol. The standard InChI is InChI=1S/C16H21F/c1-11-4-3-7-16(10-14(16)8-11)13-6-5-12(2)15(17)9-13/h5-6,9,11,14H,3-4,7-8,10H2,1-2H3. The average molecular weight is 232 g/mol. The molecule has 3 atom stereocenters. The maximum absolute atomic E-state index is 13.7. The van der Waals surface area contributed by atoms with Gasteiger partial charge in [-0.15, -0.1) is 0 Å². The predicted octanol–water partition coefficient (Wildman–Crippen LogP) is 4.60. The number of hydrogen-bond donors (Lipinski definition) is 0. The minimum absolute atomic E-state index is 0.0279. The van der Waals surface area contributed by atoms with Gasteiger partial charge in [-0.1, -0.05) is 31.9 Å². The summed E-state index contributed by atoms with van der Waals surface area (Å²) in [6.45, 7) is 4.21. The van der Waals surface area contributed by atoms with E-state index >= 15 is 0 Å². The Morgan fingerprint density at radius 1 is 1.35 bits per heavy atom. The molecule has 3 rings (SSSR count). The average Bonchev–Trinajstić information content (AvgIpc) is 2.97. The molecule has 0 heterocycles. The first-order valence-corrected chi connectivity index (χ1v) is 6.88. The lowest BCUT2D eigenvalue weighted by molar-refractivity contribution is 0.473. The Kier molecular flexibility index (Phi) is 2.53. The monoisotopic (exact) mass is 232 g/mol. The Hall–Kier alpha value is -0.850. The molecule has 0 radical (unpaired) electrons. The van der Waals surface area contributed by atoms with Crippen molar-refractivity contribution in [2.45, 2.75) is 51.4 Å². The first-order valence-electron chi connectivity index (χ1n) is 6.88. The number of aryl methyl sites for hydroxylation is 1. The summed E-state index contributed by atoms with van der Waals surface area (Å²) in [6.07, 6.45) is 6.57. The molecule has 2 fully saturated rings. The summed E-state index contributed by atoms with van der Waals surface area (Å²) in [4.78, 5) is 0. The third-order valence-corrected chi connectivity index (χ3v) is 4.99. The Morgan fingerprint density at radius 2 is 2.18 bits per heavy atom. The molecule has 1 aromatic carbocycles. The number of rotatable bonds is 1. The molecule has 0 aliphatic heterocycles. The van der Waals surface area contributed by atoms with Crippen molar-refractivity contribution in [3.63, 3.8) is 0 Å². The quantitative estimate of drug-likeness (QED) is 0.663. The van der Waals surface area contributed by atoms with Crippen molar-refractivity contribution in [1.29, 1.82) is 0 Å². The Morgan fingerprint density at radius 3 is 2.94 bits per heavy atom. The van der Waals surface area contributed by atoms with Gasteiger partial charge < -0.3 is 0 Å². The number of fused-ring (bicyclic) bond motifs is 1. The van der Waals surface area contributed by atoms with Crippen LogP contribution >= 0.6 is 0 Å². The zero-order chi connectivity index (χ0) is 12.0. The summed E-state index contributed by atoms with van der Waals surface area (Å²) < 4.78 is 13.7. The normalized spacial score (nSPS) is 36.2. The fraction of sp³-hybridized carbons (Fsp3) is 0.625. The Bertz CT molecular complexity index is 437. The van der Waals surface area contributed by atoms with Gasteiger partial charge in [-0.3, -0.25) is 0 Å². The van der Waals surface area contributed by atoms with Crippen molar-refractivity contribution in [3.05, 3.63) is 35.1 Å². The van der Waals surface area contributed by atoms with E-state index in [1.807, 2.05) is 13.0 Å². The van der Waals surface area contributed by atoms with Crippen LogP contribution in [0.5, 0.6) is 0 Å². The van der Waals surface area contributed by atoms with Crippen molar-refractivity contribution in [2.24, 2.45) is 11.8 Å². The lowest BCUT2D eigenvalue weighted by Crippen LogP contribution is -2.09. The Balaban J connectivity index is 1.91. The van der Waals surface area contributed by atoms with Crippen LogP contribution in [0.25, 0.3) is 0 Å². The lowest BCUT2D eigenvalue weighted by atomic mass is 9.88. The first kappa shape index (κ1) is 11.3. The molecule has 2 aliphatic carbocycles. The first-order chi connectivity index (χ1) is 8.12. The van der Waals surface area contributed by atoms with Gasteiger partial charge in [-0.2, -0.15) is 0 Å². The fourth-order valence-corrected chi connectivity index (χ4v) is 3.77. The molecular formula is C16H21F. The van der Waals surface area contributed by atoms with E-state index in [0.29, 0.717) is 5.41 Å². The van der Waals surface area contributed by atoms with Crippen LogP contribution < -0.4 is 0 Å². The zero-order valence-corrected chi connectivity index (χ0v) is 10.8. The number of halogens is 1. The maximum atomic E-state index is 13.7. The van der Waals surface area contributed by atoms with Gasteiger partial charge in [-0.05, 0) is 60.6 Å². The second kappa shape index (κ2) is 3.83. The van der Waals surface area contributed by atoms with Crippen LogP contribution in [0.15, 0.2) is 18.2 Å². The zero-order valence-electron chi connectivity index (χ0n) is 10.8. The second-order valence-corrected chi connectivity index (χ2v) is 6.25. The van der Waals surface area contributed by atoms with Gasteiger partial charge in [0, 0.05) is 0 Å². The minimum Gasteiger partial charge on any atom is -0.207 e. The van der Waals surface area contributed by atoms with E-state index in [2.05, 4.69) is 13.0 Å². The molecule has 2 saturated carbocycles. The summed E-state index contributed by atoms with van der Waals surface area (Å²) >= 11 is 0. The molecule has 3 unspecified atom stereocenters. The maximum Gasteiger partial charge on any atom is 0.126 e. The van der Waals surface area contributed by atoms with E-state index in [4.69, 9.17) is 0 Å². The molecule has 0 N–H and O–H groups in total. The molecule has 17 heavy (non-hydrogen) atoms. The van der Waals surface area contributed by atoms with Crippen molar-refractivity contribution < 1.29 is 4.39 Å². The van der Waals surface area contributed by atoms with Crippen molar-refractivity contribution in [2.75, 3.05) is 0 Å². The van der Waals surface area contributed by atoms with Gasteiger partial charge in [0.05, 0.1) is 0 Å². The predicted molar refractivity (Wildman–Crippen MR) is 68.6 cm³/mol. The smallest absolute Gasteiger partial charge is 0.126 e. The van der Waals surface area contributed by atoms with Gasteiger partial charge in [0.25, 0.3) is 0 Å². The minimum atomic E-state index is -0.0279. The van der Waals surface area contributed by atoms with E-state index in [0.717, 1.165) is 17.4 Å². The molecule has 0 aromatic heterocycles. The molecule has 1 heteroatoms. The number of hydrogen-bond acceptors (Lipinski definition) is 0. The topological polar surface area (TPSA) is 0 Å². The van der Waals surface area contributed by atoms with Crippen LogP contribution in [0, 0.1) is 24.6 Å². The van der Waals surface area contributed by atoms with Gasteiger partial charge >= 0.3 is 0 Å².